The van der Waals surface area contributed by atoms with Crippen molar-refractivity contribution < 1.29 is 13.2 Å². The predicted octanol–water partition coefficient (Wildman–Crippen LogP) is 5.95. The van der Waals surface area contributed by atoms with Crippen LogP contribution in [-0.2, 0) is 19.8 Å². The van der Waals surface area contributed by atoms with E-state index in [0.717, 1.165) is 22.9 Å². The summed E-state index contributed by atoms with van der Waals surface area (Å²) in [6.45, 7) is 4.71. The van der Waals surface area contributed by atoms with E-state index in [1.165, 1.54) is 4.57 Å². The van der Waals surface area contributed by atoms with Gasteiger partial charge in [-0.15, -0.1) is 0 Å². The quantitative estimate of drug-likeness (QED) is 0.318. The lowest BCUT2D eigenvalue weighted by Crippen LogP contribution is -2.09. The first-order valence-electron chi connectivity index (χ1n) is 11.4. The monoisotopic (exact) mass is 491 g/mol. The number of halogens is 3. The fourth-order valence-corrected chi connectivity index (χ4v) is 4.09. The first kappa shape index (κ1) is 23.5. The number of imidazole rings is 2. The van der Waals surface area contributed by atoms with E-state index in [4.69, 9.17) is 4.98 Å². The first-order valence-corrected chi connectivity index (χ1v) is 11.4. The third kappa shape index (κ3) is 4.53. The lowest BCUT2D eigenvalue weighted by atomic mass is 9.97. The summed E-state index contributed by atoms with van der Waals surface area (Å²) >= 11 is 0. The van der Waals surface area contributed by atoms with Crippen LogP contribution in [0.25, 0.3) is 28.6 Å². The second-order valence-electron chi connectivity index (χ2n) is 8.82. The molecule has 1 N–H and O–H groups in total. The lowest BCUT2D eigenvalue weighted by molar-refractivity contribution is -0.140. The molecule has 0 aliphatic rings. The average molecular weight is 492 g/mol. The Bertz CT molecular complexity index is 1520. The average Bonchev–Trinajstić information content (AvgIpc) is 3.49. The molecule has 0 fully saturated rings. The van der Waals surface area contributed by atoms with E-state index < -0.39 is 11.9 Å². The second-order valence-corrected chi connectivity index (χ2v) is 8.82. The van der Waals surface area contributed by atoms with Crippen molar-refractivity contribution in [3.05, 3.63) is 83.9 Å². The lowest BCUT2D eigenvalue weighted by Gasteiger charge is -2.14. The number of rotatable bonds is 6. The SMILES string of the molecule is CC(C)c1ccccc1-c1nc(NCc2ccc(-c3nc(C(F)(F)F)cn3C)cc2)n2ccnc2n1. The number of aryl methyl sites for hydroxylation is 1. The van der Waals surface area contributed by atoms with E-state index >= 15 is 0 Å². The molecule has 0 atom stereocenters. The van der Waals surface area contributed by atoms with E-state index in [1.807, 2.05) is 30.3 Å². The number of hydrogen-bond acceptors (Lipinski definition) is 5. The molecule has 5 rings (SSSR count). The molecule has 0 bridgehead atoms. The van der Waals surface area contributed by atoms with Gasteiger partial charge in [-0.05, 0) is 17.0 Å². The normalized spacial score (nSPS) is 12.0. The highest BCUT2D eigenvalue weighted by Gasteiger charge is 2.34. The van der Waals surface area contributed by atoms with E-state index in [0.29, 0.717) is 35.6 Å². The van der Waals surface area contributed by atoms with Gasteiger partial charge in [-0.3, -0.25) is 4.40 Å². The Balaban J connectivity index is 1.40. The Labute approximate surface area is 205 Å². The molecular formula is C26H24F3N7. The van der Waals surface area contributed by atoms with Crippen molar-refractivity contribution >= 4 is 11.7 Å². The zero-order valence-electron chi connectivity index (χ0n) is 20.0. The van der Waals surface area contributed by atoms with Crippen LogP contribution in [0.2, 0.25) is 0 Å². The Morgan fingerprint density at radius 1 is 0.972 bits per heavy atom. The van der Waals surface area contributed by atoms with Gasteiger partial charge in [0.15, 0.2) is 11.5 Å². The van der Waals surface area contributed by atoms with Gasteiger partial charge >= 0.3 is 6.18 Å². The molecule has 2 aromatic carbocycles. The maximum atomic E-state index is 13.0. The number of aromatic nitrogens is 6. The molecule has 36 heavy (non-hydrogen) atoms. The van der Waals surface area contributed by atoms with Crippen molar-refractivity contribution in [2.45, 2.75) is 32.5 Å². The van der Waals surface area contributed by atoms with E-state index in [2.05, 4.69) is 40.2 Å². The molecule has 3 aromatic heterocycles. The largest absolute Gasteiger partial charge is 0.434 e. The Morgan fingerprint density at radius 2 is 1.72 bits per heavy atom. The van der Waals surface area contributed by atoms with Gasteiger partial charge in [0.1, 0.15) is 5.82 Å². The van der Waals surface area contributed by atoms with Crippen LogP contribution in [-0.4, -0.2) is 28.9 Å². The van der Waals surface area contributed by atoms with Gasteiger partial charge in [-0.2, -0.15) is 23.1 Å². The van der Waals surface area contributed by atoms with Gasteiger partial charge < -0.3 is 9.88 Å². The summed E-state index contributed by atoms with van der Waals surface area (Å²) in [5.74, 6) is 2.28. The fourth-order valence-electron chi connectivity index (χ4n) is 4.09. The van der Waals surface area contributed by atoms with Crippen LogP contribution in [0.4, 0.5) is 19.1 Å². The van der Waals surface area contributed by atoms with Crippen LogP contribution in [0.15, 0.2) is 67.1 Å². The Hall–Kier alpha value is -4.21. The number of nitrogens with zero attached hydrogens (tertiary/aromatic N) is 6. The fraction of sp³-hybridized carbons (Fsp3) is 0.231. The molecule has 0 spiro atoms. The summed E-state index contributed by atoms with van der Waals surface area (Å²) in [5, 5.41) is 3.35. The number of alkyl halides is 3. The number of nitrogens with one attached hydrogen (secondary N) is 1. The minimum absolute atomic E-state index is 0.256. The summed E-state index contributed by atoms with van der Waals surface area (Å²) in [6.07, 6.45) is -0.0295. The van der Waals surface area contributed by atoms with E-state index in [1.54, 1.807) is 36.0 Å². The van der Waals surface area contributed by atoms with E-state index in [-0.39, 0.29) is 5.82 Å². The third-order valence-corrected chi connectivity index (χ3v) is 5.92. The standard InChI is InChI=1S/C26H24F3N7/c1-16(2)19-6-4-5-7-20(19)22-33-24-30-12-13-36(24)25(34-22)31-14-17-8-10-18(11-9-17)23-32-21(15-35(23)3)26(27,28)29/h4-13,15-16H,14H2,1-3H3,(H,30,31,33,34). The predicted molar refractivity (Wildman–Crippen MR) is 131 cm³/mol. The van der Waals surface area contributed by atoms with Gasteiger partial charge in [0.2, 0.25) is 11.7 Å². The summed E-state index contributed by atoms with van der Waals surface area (Å²) < 4.78 is 42.2. The highest BCUT2D eigenvalue weighted by molar-refractivity contribution is 5.64. The van der Waals surface area contributed by atoms with Crippen molar-refractivity contribution in [2.24, 2.45) is 7.05 Å². The Kier molecular flexibility index (Phi) is 5.95. The third-order valence-electron chi connectivity index (χ3n) is 5.92. The molecule has 5 aromatic rings. The first-order chi connectivity index (χ1) is 17.2. The molecule has 7 nitrogen and oxygen atoms in total. The van der Waals surface area contributed by atoms with Crippen molar-refractivity contribution in [1.29, 1.82) is 0 Å². The maximum absolute atomic E-state index is 13.0. The smallest absolute Gasteiger partial charge is 0.351 e. The van der Waals surface area contributed by atoms with Crippen LogP contribution < -0.4 is 5.32 Å². The number of hydrogen-bond donors (Lipinski definition) is 1. The minimum Gasteiger partial charge on any atom is -0.351 e. The van der Waals surface area contributed by atoms with Crippen molar-refractivity contribution in [3.63, 3.8) is 0 Å². The second kappa shape index (κ2) is 9.10. The molecular weight excluding hydrogens is 467 g/mol. The molecule has 184 valence electrons. The zero-order valence-corrected chi connectivity index (χ0v) is 20.0. The van der Waals surface area contributed by atoms with Crippen molar-refractivity contribution in [1.82, 2.24) is 28.9 Å². The molecule has 0 saturated carbocycles. The Morgan fingerprint density at radius 3 is 2.42 bits per heavy atom. The van der Waals surface area contributed by atoms with Gasteiger partial charge in [0, 0.05) is 43.3 Å². The summed E-state index contributed by atoms with van der Waals surface area (Å²) in [6, 6.07) is 15.3. The van der Waals surface area contributed by atoms with Crippen LogP contribution in [0.1, 0.15) is 36.6 Å². The van der Waals surface area contributed by atoms with E-state index in [9.17, 15) is 13.2 Å². The summed E-state index contributed by atoms with van der Waals surface area (Å²) in [4.78, 5) is 17.5. The number of anilines is 1. The van der Waals surface area contributed by atoms with Gasteiger partial charge in [0.25, 0.3) is 0 Å². The highest BCUT2D eigenvalue weighted by Crippen LogP contribution is 2.31. The maximum Gasteiger partial charge on any atom is 0.434 e. The van der Waals surface area contributed by atoms with Crippen LogP contribution in [0.5, 0.6) is 0 Å². The highest BCUT2D eigenvalue weighted by atomic mass is 19.4. The van der Waals surface area contributed by atoms with Gasteiger partial charge in [-0.1, -0.05) is 62.4 Å². The number of benzene rings is 2. The van der Waals surface area contributed by atoms with Gasteiger partial charge in [-0.25, -0.2) is 9.97 Å². The molecule has 0 amide bonds. The molecule has 0 radical (unpaired) electrons. The van der Waals surface area contributed by atoms with Gasteiger partial charge in [0.05, 0.1) is 0 Å². The minimum atomic E-state index is -4.48. The van der Waals surface area contributed by atoms with Crippen LogP contribution in [0.3, 0.4) is 0 Å². The van der Waals surface area contributed by atoms with Crippen LogP contribution >= 0.6 is 0 Å². The topological polar surface area (TPSA) is 72.9 Å². The molecule has 3 heterocycles. The molecule has 0 saturated heterocycles. The number of fused-ring (bicyclic) bond motifs is 1. The van der Waals surface area contributed by atoms with Crippen molar-refractivity contribution in [3.8, 4) is 22.8 Å². The molecule has 10 heteroatoms. The zero-order chi connectivity index (χ0) is 25.4. The molecule has 0 aliphatic heterocycles. The van der Waals surface area contributed by atoms with Crippen LogP contribution in [0, 0.1) is 0 Å². The summed E-state index contributed by atoms with van der Waals surface area (Å²) in [5.41, 5.74) is 2.73. The summed E-state index contributed by atoms with van der Waals surface area (Å²) in [7, 11) is 1.55. The molecule has 0 aliphatic carbocycles. The van der Waals surface area contributed by atoms with Crippen molar-refractivity contribution in [2.75, 3.05) is 5.32 Å². The molecule has 0 unspecified atom stereocenters.